The number of likely N-dealkylation sites (N-methyl/N-ethyl adjacent to an activating group) is 1. The monoisotopic (exact) mass is 254 g/mol. The van der Waals surface area contributed by atoms with E-state index in [0.29, 0.717) is 6.42 Å². The molecule has 0 aromatic carbocycles. The van der Waals surface area contributed by atoms with E-state index in [1.165, 1.54) is 0 Å². The molecule has 2 N–H and O–H groups in total. The lowest BCUT2D eigenvalue weighted by molar-refractivity contribution is -0.144. The molecule has 2 atom stereocenters. The van der Waals surface area contributed by atoms with E-state index < -0.39 is 11.5 Å². The van der Waals surface area contributed by atoms with Crippen molar-refractivity contribution in [2.75, 3.05) is 7.05 Å². The third kappa shape index (κ3) is 4.02. The molecule has 1 aromatic rings. The minimum Gasteiger partial charge on any atom is -0.480 e. The molecule has 5 heteroatoms. The number of carboxylic acid groups (broad SMARTS) is 1. The summed E-state index contributed by atoms with van der Waals surface area (Å²) in [5.41, 5.74) is -0.888. The Morgan fingerprint density at radius 2 is 2.35 bits per heavy atom. The summed E-state index contributed by atoms with van der Waals surface area (Å²) >= 11 is 1.59. The highest BCUT2D eigenvalue weighted by Gasteiger charge is 2.33. The summed E-state index contributed by atoms with van der Waals surface area (Å²) in [6, 6.07) is 5.72. The predicted octanol–water partition coefficient (Wildman–Crippen LogP) is 2.01. The van der Waals surface area contributed by atoms with Crippen LogP contribution in [0, 0.1) is 0 Å². The Morgan fingerprint density at radius 3 is 2.82 bits per heavy atom. The van der Waals surface area contributed by atoms with Gasteiger partial charge in [0.05, 0.1) is 5.03 Å². The van der Waals surface area contributed by atoms with Gasteiger partial charge in [-0.25, -0.2) is 4.98 Å². The minimum absolute atomic E-state index is 0.179. The molecule has 4 nitrogen and oxygen atoms in total. The van der Waals surface area contributed by atoms with Crippen molar-refractivity contribution < 1.29 is 9.90 Å². The number of thioether (sulfide) groups is 1. The van der Waals surface area contributed by atoms with Crippen LogP contribution in [-0.4, -0.2) is 33.9 Å². The van der Waals surface area contributed by atoms with Crippen LogP contribution in [-0.2, 0) is 4.79 Å². The van der Waals surface area contributed by atoms with E-state index in [1.807, 2.05) is 25.1 Å². The highest BCUT2D eigenvalue weighted by atomic mass is 32.2. The largest absolute Gasteiger partial charge is 0.480 e. The molecule has 17 heavy (non-hydrogen) atoms. The Labute approximate surface area is 106 Å². The van der Waals surface area contributed by atoms with E-state index >= 15 is 0 Å². The van der Waals surface area contributed by atoms with Crippen molar-refractivity contribution >= 4 is 17.7 Å². The average Bonchev–Trinajstić information content (AvgIpc) is 2.29. The SMILES string of the molecule is CNC(C)(CC(C)Sc1ccccn1)C(=O)O. The van der Waals surface area contributed by atoms with Crippen LogP contribution in [0.4, 0.5) is 0 Å². The lowest BCUT2D eigenvalue weighted by Gasteiger charge is -2.27. The van der Waals surface area contributed by atoms with Gasteiger partial charge >= 0.3 is 5.97 Å². The fourth-order valence-corrected chi connectivity index (χ4v) is 2.64. The van der Waals surface area contributed by atoms with Crippen molar-refractivity contribution in [2.24, 2.45) is 0 Å². The molecule has 0 bridgehead atoms. The van der Waals surface area contributed by atoms with Crippen molar-refractivity contribution in [1.82, 2.24) is 10.3 Å². The van der Waals surface area contributed by atoms with E-state index in [1.54, 1.807) is 31.9 Å². The summed E-state index contributed by atoms with van der Waals surface area (Å²) in [7, 11) is 1.67. The van der Waals surface area contributed by atoms with Gasteiger partial charge in [-0.2, -0.15) is 0 Å². The van der Waals surface area contributed by atoms with E-state index in [0.717, 1.165) is 5.03 Å². The first-order chi connectivity index (χ1) is 7.98. The van der Waals surface area contributed by atoms with Crippen molar-refractivity contribution in [3.63, 3.8) is 0 Å². The molecule has 0 aliphatic rings. The summed E-state index contributed by atoms with van der Waals surface area (Å²) in [6.45, 7) is 3.71. The lowest BCUT2D eigenvalue weighted by Crippen LogP contribution is -2.49. The number of carboxylic acids is 1. The number of rotatable bonds is 6. The molecule has 0 saturated heterocycles. The molecule has 1 rings (SSSR count). The zero-order chi connectivity index (χ0) is 12.9. The molecule has 2 unspecified atom stereocenters. The zero-order valence-electron chi connectivity index (χ0n) is 10.3. The second-order valence-corrected chi connectivity index (χ2v) is 5.65. The van der Waals surface area contributed by atoms with Crippen LogP contribution in [0.15, 0.2) is 29.4 Å². The maximum atomic E-state index is 11.2. The van der Waals surface area contributed by atoms with Crippen molar-refractivity contribution in [2.45, 2.75) is 36.1 Å². The number of hydrogen-bond donors (Lipinski definition) is 2. The number of carbonyl (C=O) groups is 1. The Kier molecular flexibility index (Phi) is 4.96. The lowest BCUT2D eigenvalue weighted by atomic mass is 9.96. The fourth-order valence-electron chi connectivity index (χ4n) is 1.54. The van der Waals surface area contributed by atoms with Crippen molar-refractivity contribution in [1.29, 1.82) is 0 Å². The topological polar surface area (TPSA) is 62.2 Å². The third-order valence-electron chi connectivity index (χ3n) is 2.68. The average molecular weight is 254 g/mol. The van der Waals surface area contributed by atoms with Gasteiger partial charge in [0.25, 0.3) is 0 Å². The molecule has 0 saturated carbocycles. The molecule has 0 fully saturated rings. The maximum absolute atomic E-state index is 11.2. The number of aromatic nitrogens is 1. The van der Waals surface area contributed by atoms with Crippen LogP contribution in [0.2, 0.25) is 0 Å². The number of aliphatic carboxylic acids is 1. The molecule has 1 aromatic heterocycles. The highest BCUT2D eigenvalue weighted by molar-refractivity contribution is 7.99. The fraction of sp³-hybridized carbons (Fsp3) is 0.500. The van der Waals surface area contributed by atoms with Crippen molar-refractivity contribution in [3.8, 4) is 0 Å². The van der Waals surface area contributed by atoms with Gasteiger partial charge in [0.2, 0.25) is 0 Å². The van der Waals surface area contributed by atoms with Crippen LogP contribution in [0.25, 0.3) is 0 Å². The van der Waals surface area contributed by atoms with Gasteiger partial charge in [-0.05, 0) is 32.5 Å². The van der Waals surface area contributed by atoms with Crippen LogP contribution < -0.4 is 5.32 Å². The number of nitrogens with zero attached hydrogens (tertiary/aromatic N) is 1. The maximum Gasteiger partial charge on any atom is 0.323 e. The van der Waals surface area contributed by atoms with Gasteiger partial charge in [-0.3, -0.25) is 4.79 Å². The van der Waals surface area contributed by atoms with E-state index in [4.69, 9.17) is 5.11 Å². The van der Waals surface area contributed by atoms with Gasteiger partial charge in [-0.1, -0.05) is 13.0 Å². The molecule has 0 amide bonds. The van der Waals surface area contributed by atoms with Gasteiger partial charge < -0.3 is 10.4 Å². The molecule has 0 aliphatic heterocycles. The minimum atomic E-state index is -0.888. The Bertz CT molecular complexity index is 372. The first-order valence-electron chi connectivity index (χ1n) is 5.48. The van der Waals surface area contributed by atoms with E-state index in [2.05, 4.69) is 10.3 Å². The van der Waals surface area contributed by atoms with Gasteiger partial charge in [0.1, 0.15) is 5.54 Å². The molecular formula is C12H18N2O2S. The van der Waals surface area contributed by atoms with Gasteiger partial charge in [0, 0.05) is 11.4 Å². The Hall–Kier alpha value is -1.07. The molecule has 0 aliphatic carbocycles. The summed E-state index contributed by atoms with van der Waals surface area (Å²) < 4.78 is 0. The van der Waals surface area contributed by atoms with E-state index in [-0.39, 0.29) is 5.25 Å². The molecule has 94 valence electrons. The molecular weight excluding hydrogens is 236 g/mol. The summed E-state index contributed by atoms with van der Waals surface area (Å²) in [5.74, 6) is -0.825. The van der Waals surface area contributed by atoms with Crippen LogP contribution in [0.1, 0.15) is 20.3 Å². The van der Waals surface area contributed by atoms with Crippen LogP contribution >= 0.6 is 11.8 Å². The normalized spacial score (nSPS) is 16.2. The first-order valence-corrected chi connectivity index (χ1v) is 6.36. The predicted molar refractivity (Wildman–Crippen MR) is 69.3 cm³/mol. The zero-order valence-corrected chi connectivity index (χ0v) is 11.1. The third-order valence-corrected chi connectivity index (χ3v) is 3.73. The number of hydrogen-bond acceptors (Lipinski definition) is 4. The summed E-state index contributed by atoms with van der Waals surface area (Å²) in [6.07, 6.45) is 2.28. The van der Waals surface area contributed by atoms with Gasteiger partial charge in [0.15, 0.2) is 0 Å². The first kappa shape index (κ1) is 14.0. The standard InChI is InChI=1S/C12H18N2O2S/c1-9(8-12(2,13-3)11(15)16)17-10-6-4-5-7-14-10/h4-7,9,13H,8H2,1-3H3,(H,15,16). The Balaban J connectivity index is 2.60. The second kappa shape index (κ2) is 6.02. The summed E-state index contributed by atoms with van der Waals surface area (Å²) in [5, 5.41) is 13.1. The number of pyridine rings is 1. The van der Waals surface area contributed by atoms with Crippen molar-refractivity contribution in [3.05, 3.63) is 24.4 Å². The second-order valence-electron chi connectivity index (χ2n) is 4.19. The smallest absolute Gasteiger partial charge is 0.323 e. The summed E-state index contributed by atoms with van der Waals surface area (Å²) in [4.78, 5) is 15.4. The molecule has 0 spiro atoms. The van der Waals surface area contributed by atoms with Crippen LogP contribution in [0.3, 0.4) is 0 Å². The molecule has 0 radical (unpaired) electrons. The Morgan fingerprint density at radius 1 is 1.65 bits per heavy atom. The molecule has 1 heterocycles. The van der Waals surface area contributed by atoms with E-state index in [9.17, 15) is 4.79 Å². The number of nitrogens with one attached hydrogen (secondary N) is 1. The highest BCUT2D eigenvalue weighted by Crippen LogP contribution is 2.27. The van der Waals surface area contributed by atoms with Gasteiger partial charge in [-0.15, -0.1) is 11.8 Å². The quantitative estimate of drug-likeness (QED) is 0.760. The van der Waals surface area contributed by atoms with Crippen LogP contribution in [0.5, 0.6) is 0 Å².